The van der Waals surface area contributed by atoms with E-state index in [1.54, 1.807) is 6.20 Å². The fraction of sp³-hybridized carbons (Fsp3) is 0.320. The molecule has 170 valence electrons. The fourth-order valence-corrected chi connectivity index (χ4v) is 4.60. The molecule has 3 aromatic rings. The molecule has 2 aliphatic rings. The molecular formula is C25H28N6O2. The van der Waals surface area contributed by atoms with Crippen molar-refractivity contribution in [2.45, 2.75) is 12.8 Å². The standard InChI is InChI=1S/C25H28N6O2/c26-23(32)20-16-22(29-24(20)30-12-8-27-9-13-30)18-6-7-28-21(15-18)17-4-3-5-19(14-17)25(33)31-10-1-2-11-31/h3-7,14-16,27,29H,1-2,8-13H2,(H2,26,32). The number of anilines is 1. The number of carbonyl (C=O) groups is 2. The number of H-pyrrole nitrogens is 1. The zero-order chi connectivity index (χ0) is 22.8. The van der Waals surface area contributed by atoms with Gasteiger partial charge in [0.05, 0.1) is 11.3 Å². The Labute approximate surface area is 192 Å². The Bertz CT molecular complexity index is 1180. The normalized spacial score (nSPS) is 16.2. The van der Waals surface area contributed by atoms with Gasteiger partial charge in [-0.25, -0.2) is 0 Å². The van der Waals surface area contributed by atoms with Gasteiger partial charge in [-0.1, -0.05) is 12.1 Å². The molecule has 5 rings (SSSR count). The van der Waals surface area contributed by atoms with E-state index in [0.717, 1.165) is 80.4 Å². The number of nitrogens with two attached hydrogens (primary N) is 1. The van der Waals surface area contributed by atoms with Crippen LogP contribution in [0.25, 0.3) is 22.5 Å². The summed E-state index contributed by atoms with van der Waals surface area (Å²) >= 11 is 0. The lowest BCUT2D eigenvalue weighted by Crippen LogP contribution is -2.44. The largest absolute Gasteiger partial charge is 0.365 e. The fourth-order valence-electron chi connectivity index (χ4n) is 4.60. The first-order chi connectivity index (χ1) is 16.1. The second-order valence-corrected chi connectivity index (χ2v) is 8.56. The molecule has 2 amide bonds. The molecule has 33 heavy (non-hydrogen) atoms. The highest BCUT2D eigenvalue weighted by Gasteiger charge is 2.22. The van der Waals surface area contributed by atoms with Crippen LogP contribution in [0.1, 0.15) is 33.6 Å². The predicted octanol–water partition coefficient (Wildman–Crippen LogP) is 2.49. The molecule has 0 radical (unpaired) electrons. The smallest absolute Gasteiger partial charge is 0.253 e. The molecule has 0 saturated carbocycles. The quantitative estimate of drug-likeness (QED) is 0.561. The van der Waals surface area contributed by atoms with Crippen LogP contribution in [-0.2, 0) is 0 Å². The lowest BCUT2D eigenvalue weighted by Gasteiger charge is -2.28. The number of benzene rings is 1. The van der Waals surface area contributed by atoms with E-state index < -0.39 is 5.91 Å². The third kappa shape index (κ3) is 4.34. The maximum absolute atomic E-state index is 12.8. The average molecular weight is 445 g/mol. The van der Waals surface area contributed by atoms with Crippen molar-refractivity contribution >= 4 is 17.6 Å². The van der Waals surface area contributed by atoms with Crippen molar-refractivity contribution in [3.63, 3.8) is 0 Å². The molecule has 0 atom stereocenters. The summed E-state index contributed by atoms with van der Waals surface area (Å²) in [4.78, 5) is 36.9. The predicted molar refractivity (Wildman–Crippen MR) is 128 cm³/mol. The van der Waals surface area contributed by atoms with E-state index in [1.807, 2.05) is 47.4 Å². The number of aromatic nitrogens is 2. The molecule has 8 heteroatoms. The number of piperazine rings is 1. The van der Waals surface area contributed by atoms with Gasteiger partial charge in [0.1, 0.15) is 5.82 Å². The van der Waals surface area contributed by atoms with E-state index in [9.17, 15) is 9.59 Å². The molecule has 2 aromatic heterocycles. The van der Waals surface area contributed by atoms with Gasteiger partial charge in [0.25, 0.3) is 11.8 Å². The van der Waals surface area contributed by atoms with Crippen molar-refractivity contribution in [1.82, 2.24) is 20.2 Å². The van der Waals surface area contributed by atoms with Gasteiger partial charge in [-0.2, -0.15) is 0 Å². The molecule has 4 N–H and O–H groups in total. The molecular weight excluding hydrogens is 416 g/mol. The van der Waals surface area contributed by atoms with Crippen molar-refractivity contribution in [3.05, 3.63) is 59.8 Å². The van der Waals surface area contributed by atoms with Crippen LogP contribution in [0.3, 0.4) is 0 Å². The number of primary amides is 1. The minimum atomic E-state index is -0.451. The van der Waals surface area contributed by atoms with Crippen LogP contribution in [0.15, 0.2) is 48.7 Å². The highest BCUT2D eigenvalue weighted by molar-refractivity contribution is 6.00. The van der Waals surface area contributed by atoms with Crippen molar-refractivity contribution in [3.8, 4) is 22.5 Å². The zero-order valence-electron chi connectivity index (χ0n) is 18.5. The van der Waals surface area contributed by atoms with Gasteiger partial charge in [0.15, 0.2) is 0 Å². The molecule has 2 aliphatic heterocycles. The van der Waals surface area contributed by atoms with Crippen LogP contribution in [0.5, 0.6) is 0 Å². The maximum atomic E-state index is 12.8. The SMILES string of the molecule is NC(=O)c1cc(-c2ccnc(-c3cccc(C(=O)N4CCCC4)c3)c2)[nH]c1N1CCNCC1. The number of hydrogen-bond acceptors (Lipinski definition) is 5. The Balaban J connectivity index is 1.46. The summed E-state index contributed by atoms with van der Waals surface area (Å²) in [5.74, 6) is 0.380. The summed E-state index contributed by atoms with van der Waals surface area (Å²) in [6.45, 7) is 4.97. The highest BCUT2D eigenvalue weighted by atomic mass is 16.2. The van der Waals surface area contributed by atoms with Crippen LogP contribution in [0, 0.1) is 0 Å². The Morgan fingerprint density at radius 3 is 2.48 bits per heavy atom. The first kappa shape index (κ1) is 21.2. The van der Waals surface area contributed by atoms with E-state index in [-0.39, 0.29) is 5.91 Å². The van der Waals surface area contributed by atoms with E-state index in [2.05, 4.69) is 20.2 Å². The maximum Gasteiger partial charge on any atom is 0.253 e. The van der Waals surface area contributed by atoms with Crippen LogP contribution in [0.4, 0.5) is 5.82 Å². The van der Waals surface area contributed by atoms with Crippen molar-refractivity contribution in [2.75, 3.05) is 44.2 Å². The van der Waals surface area contributed by atoms with Crippen LogP contribution >= 0.6 is 0 Å². The monoisotopic (exact) mass is 444 g/mol. The van der Waals surface area contributed by atoms with Gasteiger partial charge in [-0.15, -0.1) is 0 Å². The van der Waals surface area contributed by atoms with Crippen LogP contribution < -0.4 is 16.0 Å². The van der Waals surface area contributed by atoms with Gasteiger partial charge in [0.2, 0.25) is 0 Å². The van der Waals surface area contributed by atoms with Crippen molar-refractivity contribution in [1.29, 1.82) is 0 Å². The third-order valence-corrected chi connectivity index (χ3v) is 6.37. The molecule has 1 aromatic carbocycles. The highest BCUT2D eigenvalue weighted by Crippen LogP contribution is 2.30. The van der Waals surface area contributed by atoms with Gasteiger partial charge in [-0.3, -0.25) is 14.6 Å². The van der Waals surface area contributed by atoms with Gasteiger partial charge in [-0.05, 0) is 43.2 Å². The van der Waals surface area contributed by atoms with E-state index in [4.69, 9.17) is 5.73 Å². The number of nitrogens with one attached hydrogen (secondary N) is 2. The Hall–Kier alpha value is -3.65. The summed E-state index contributed by atoms with van der Waals surface area (Å²) in [7, 11) is 0. The Morgan fingerprint density at radius 2 is 1.73 bits per heavy atom. The van der Waals surface area contributed by atoms with Gasteiger partial charge < -0.3 is 25.8 Å². The lowest BCUT2D eigenvalue weighted by atomic mass is 10.0. The zero-order valence-corrected chi connectivity index (χ0v) is 18.5. The van der Waals surface area contributed by atoms with Crippen molar-refractivity contribution < 1.29 is 9.59 Å². The summed E-state index contributed by atoms with van der Waals surface area (Å²) in [6.07, 6.45) is 3.87. The van der Waals surface area contributed by atoms with Crippen LogP contribution in [-0.4, -0.2) is 66.0 Å². The molecule has 0 bridgehead atoms. The first-order valence-corrected chi connectivity index (χ1v) is 11.4. The summed E-state index contributed by atoms with van der Waals surface area (Å²) in [5, 5.41) is 3.32. The number of nitrogens with zero attached hydrogens (tertiary/aromatic N) is 3. The minimum Gasteiger partial charge on any atom is -0.365 e. The van der Waals surface area contributed by atoms with E-state index in [1.165, 1.54) is 0 Å². The van der Waals surface area contributed by atoms with Crippen molar-refractivity contribution in [2.24, 2.45) is 5.73 Å². The van der Waals surface area contributed by atoms with E-state index in [0.29, 0.717) is 11.1 Å². The molecule has 0 aliphatic carbocycles. The Kier molecular flexibility index (Phi) is 5.83. The average Bonchev–Trinajstić information content (AvgIpc) is 3.55. The Morgan fingerprint density at radius 1 is 0.939 bits per heavy atom. The first-order valence-electron chi connectivity index (χ1n) is 11.4. The topological polar surface area (TPSA) is 107 Å². The van der Waals surface area contributed by atoms with Crippen LogP contribution in [0.2, 0.25) is 0 Å². The molecule has 0 spiro atoms. The number of pyridine rings is 1. The minimum absolute atomic E-state index is 0.0710. The van der Waals surface area contributed by atoms with Gasteiger partial charge in [0, 0.05) is 67.8 Å². The number of carbonyl (C=O) groups excluding carboxylic acids is 2. The summed E-state index contributed by atoms with van der Waals surface area (Å²) in [6, 6.07) is 13.3. The molecule has 0 unspecified atom stereocenters. The summed E-state index contributed by atoms with van der Waals surface area (Å²) in [5.41, 5.74) is 10.2. The second kappa shape index (κ2) is 9.07. The number of aromatic amines is 1. The lowest BCUT2D eigenvalue weighted by molar-refractivity contribution is 0.0792. The third-order valence-electron chi connectivity index (χ3n) is 6.37. The number of hydrogen-bond donors (Lipinski definition) is 3. The molecule has 8 nitrogen and oxygen atoms in total. The number of rotatable bonds is 5. The molecule has 2 saturated heterocycles. The van der Waals surface area contributed by atoms with E-state index >= 15 is 0 Å². The molecule has 2 fully saturated rings. The molecule has 4 heterocycles. The summed E-state index contributed by atoms with van der Waals surface area (Å²) < 4.78 is 0. The number of likely N-dealkylation sites (tertiary alicyclic amines) is 1. The number of amides is 2. The second-order valence-electron chi connectivity index (χ2n) is 8.56. The van der Waals surface area contributed by atoms with Gasteiger partial charge >= 0.3 is 0 Å².